The molecule has 3 atom stereocenters. The van der Waals surface area contributed by atoms with Crippen LogP contribution in [0.25, 0.3) is 0 Å². The molecule has 1 aliphatic carbocycles. The molecule has 0 aromatic carbocycles. The maximum atomic E-state index is 9.52. The number of rotatable bonds is 3. The predicted octanol–water partition coefficient (Wildman–Crippen LogP) is 3.84. The smallest absolute Gasteiger partial charge is 0.0672 e. The molecule has 0 aromatic heterocycles. The third-order valence-corrected chi connectivity index (χ3v) is 5.56. The summed E-state index contributed by atoms with van der Waals surface area (Å²) in [6.07, 6.45) is 6.18. The van der Waals surface area contributed by atoms with Gasteiger partial charge in [0.1, 0.15) is 0 Å². The van der Waals surface area contributed by atoms with Crippen molar-refractivity contribution in [3.63, 3.8) is 0 Å². The lowest BCUT2D eigenvalue weighted by Crippen LogP contribution is -2.50. The van der Waals surface area contributed by atoms with E-state index in [4.69, 9.17) is 4.74 Å². The van der Waals surface area contributed by atoms with Gasteiger partial charge in [-0.1, -0.05) is 20.8 Å². The van der Waals surface area contributed by atoms with Crippen molar-refractivity contribution in [3.8, 4) is 6.07 Å². The first-order valence-electron chi connectivity index (χ1n) is 8.71. The average Bonchev–Trinajstić information content (AvgIpc) is 2.47. The lowest BCUT2D eigenvalue weighted by molar-refractivity contribution is -0.0161. The minimum Gasteiger partial charge on any atom is -0.378 e. The van der Waals surface area contributed by atoms with E-state index in [1.54, 1.807) is 0 Å². The van der Waals surface area contributed by atoms with Gasteiger partial charge in [-0.15, -0.1) is 0 Å². The molecule has 1 aliphatic heterocycles. The van der Waals surface area contributed by atoms with Crippen molar-refractivity contribution in [1.82, 2.24) is 4.90 Å². The molecule has 3 nitrogen and oxygen atoms in total. The first-order valence-corrected chi connectivity index (χ1v) is 8.71. The van der Waals surface area contributed by atoms with E-state index < -0.39 is 0 Å². The lowest BCUT2D eigenvalue weighted by atomic mass is 9.67. The number of hydrogen-bond acceptors (Lipinski definition) is 3. The summed E-state index contributed by atoms with van der Waals surface area (Å²) in [5, 5.41) is 9.52. The van der Waals surface area contributed by atoms with Crippen LogP contribution < -0.4 is 0 Å². The summed E-state index contributed by atoms with van der Waals surface area (Å²) in [6.45, 7) is 12.1. The topological polar surface area (TPSA) is 36.3 Å². The number of piperidine rings is 1. The van der Waals surface area contributed by atoms with E-state index in [0.717, 1.165) is 44.9 Å². The molecule has 2 aliphatic rings. The second-order valence-electron chi connectivity index (χ2n) is 7.87. The van der Waals surface area contributed by atoms with Gasteiger partial charge in [-0.25, -0.2) is 0 Å². The maximum absolute atomic E-state index is 9.52. The maximum Gasteiger partial charge on any atom is 0.0672 e. The Labute approximate surface area is 130 Å². The van der Waals surface area contributed by atoms with Crippen molar-refractivity contribution in [3.05, 3.63) is 0 Å². The van der Waals surface area contributed by atoms with Gasteiger partial charge in [-0.05, 0) is 50.4 Å². The highest BCUT2D eigenvalue weighted by Gasteiger charge is 2.39. The van der Waals surface area contributed by atoms with Gasteiger partial charge in [0.05, 0.1) is 18.1 Å². The van der Waals surface area contributed by atoms with E-state index in [9.17, 15) is 5.26 Å². The summed E-state index contributed by atoms with van der Waals surface area (Å²) >= 11 is 0. The van der Waals surface area contributed by atoms with Crippen molar-refractivity contribution in [2.24, 2.45) is 17.3 Å². The predicted molar refractivity (Wildman–Crippen MR) is 85.9 cm³/mol. The Morgan fingerprint density at radius 1 is 1.14 bits per heavy atom. The van der Waals surface area contributed by atoms with Gasteiger partial charge in [-0.3, -0.25) is 4.90 Å². The zero-order valence-electron chi connectivity index (χ0n) is 14.3. The zero-order valence-corrected chi connectivity index (χ0v) is 14.3. The monoisotopic (exact) mass is 292 g/mol. The van der Waals surface area contributed by atoms with E-state index >= 15 is 0 Å². The Balaban J connectivity index is 1.97. The summed E-state index contributed by atoms with van der Waals surface area (Å²) in [5.74, 6) is 0.976. The third kappa shape index (κ3) is 4.20. The highest BCUT2D eigenvalue weighted by molar-refractivity contribution is 5.00. The number of nitrogens with zero attached hydrogens (tertiary/aromatic N) is 2. The second-order valence-corrected chi connectivity index (χ2v) is 7.87. The number of likely N-dealkylation sites (tertiary alicyclic amines) is 1. The first-order chi connectivity index (χ1) is 9.95. The fourth-order valence-electron chi connectivity index (χ4n) is 4.10. The van der Waals surface area contributed by atoms with E-state index in [-0.39, 0.29) is 5.92 Å². The molecule has 1 saturated heterocycles. The van der Waals surface area contributed by atoms with Crippen molar-refractivity contribution in [2.75, 3.05) is 19.7 Å². The average molecular weight is 292 g/mol. The Hall–Kier alpha value is -0.590. The van der Waals surface area contributed by atoms with Crippen LogP contribution in [-0.2, 0) is 4.74 Å². The summed E-state index contributed by atoms with van der Waals surface area (Å²) < 4.78 is 5.76. The molecular weight excluding hydrogens is 260 g/mol. The molecular formula is C18H32N2O. The quantitative estimate of drug-likeness (QED) is 0.793. The number of nitriles is 1. The molecule has 120 valence electrons. The minimum atomic E-state index is 0.229. The second kappa shape index (κ2) is 7.11. The molecule has 1 heterocycles. The van der Waals surface area contributed by atoms with Gasteiger partial charge in [0, 0.05) is 25.7 Å². The summed E-state index contributed by atoms with van der Waals surface area (Å²) in [7, 11) is 0. The van der Waals surface area contributed by atoms with Crippen LogP contribution in [0.4, 0.5) is 0 Å². The Morgan fingerprint density at radius 2 is 1.81 bits per heavy atom. The van der Waals surface area contributed by atoms with Crippen LogP contribution >= 0.6 is 0 Å². The van der Waals surface area contributed by atoms with E-state index in [1.807, 2.05) is 0 Å². The Morgan fingerprint density at radius 3 is 2.33 bits per heavy atom. The van der Waals surface area contributed by atoms with Crippen LogP contribution in [0, 0.1) is 28.6 Å². The largest absolute Gasteiger partial charge is 0.378 e. The molecule has 21 heavy (non-hydrogen) atoms. The molecule has 2 rings (SSSR count). The molecule has 0 amide bonds. The fraction of sp³-hybridized carbons (Fsp3) is 0.944. The molecule has 1 saturated carbocycles. The highest BCUT2D eigenvalue weighted by atomic mass is 16.5. The molecule has 3 unspecified atom stereocenters. The van der Waals surface area contributed by atoms with Crippen molar-refractivity contribution < 1.29 is 4.74 Å². The molecule has 0 aromatic rings. The van der Waals surface area contributed by atoms with Gasteiger partial charge in [0.2, 0.25) is 0 Å². The highest BCUT2D eigenvalue weighted by Crippen LogP contribution is 2.42. The number of hydrogen-bond donors (Lipinski definition) is 0. The van der Waals surface area contributed by atoms with Gasteiger partial charge in [0.25, 0.3) is 0 Å². The molecule has 2 fully saturated rings. The van der Waals surface area contributed by atoms with Gasteiger partial charge >= 0.3 is 0 Å². The van der Waals surface area contributed by atoms with Crippen LogP contribution in [0.15, 0.2) is 0 Å². The van der Waals surface area contributed by atoms with Crippen LogP contribution in [0.5, 0.6) is 0 Å². The summed E-state index contributed by atoms with van der Waals surface area (Å²) in [6, 6.07) is 3.05. The summed E-state index contributed by atoms with van der Waals surface area (Å²) in [5.41, 5.74) is 0.363. The SMILES string of the molecule is CCOC1CCN(C2CC(C(C)(C)C)CCC2C#N)CC1. The van der Waals surface area contributed by atoms with Gasteiger partial charge in [0.15, 0.2) is 0 Å². The van der Waals surface area contributed by atoms with Crippen LogP contribution in [0.1, 0.15) is 59.8 Å². The number of ether oxygens (including phenoxy) is 1. The Kier molecular flexibility index (Phi) is 5.68. The fourth-order valence-corrected chi connectivity index (χ4v) is 4.10. The molecule has 0 spiro atoms. The van der Waals surface area contributed by atoms with Gasteiger partial charge < -0.3 is 4.74 Å². The van der Waals surface area contributed by atoms with Gasteiger partial charge in [-0.2, -0.15) is 5.26 Å². The molecule has 0 N–H and O–H groups in total. The van der Waals surface area contributed by atoms with E-state index in [1.165, 1.54) is 12.8 Å². The van der Waals surface area contributed by atoms with Crippen molar-refractivity contribution >= 4 is 0 Å². The zero-order chi connectivity index (χ0) is 15.5. The minimum absolute atomic E-state index is 0.229. The van der Waals surface area contributed by atoms with Crippen LogP contribution in [0.3, 0.4) is 0 Å². The standard InChI is InChI=1S/C18H32N2O/c1-5-21-16-8-10-20(11-9-16)17-12-15(18(2,3)4)7-6-14(17)13-19/h14-17H,5-12H2,1-4H3. The lowest BCUT2D eigenvalue weighted by Gasteiger charge is -2.46. The molecule has 0 bridgehead atoms. The molecule has 0 radical (unpaired) electrons. The normalized spacial score (nSPS) is 32.8. The summed E-state index contributed by atoms with van der Waals surface area (Å²) in [4.78, 5) is 2.58. The van der Waals surface area contributed by atoms with E-state index in [2.05, 4.69) is 38.7 Å². The van der Waals surface area contributed by atoms with Crippen LogP contribution in [-0.4, -0.2) is 36.7 Å². The molecule has 3 heteroatoms. The van der Waals surface area contributed by atoms with E-state index in [0.29, 0.717) is 17.6 Å². The first kappa shape index (κ1) is 16.8. The third-order valence-electron chi connectivity index (χ3n) is 5.56. The van der Waals surface area contributed by atoms with Crippen LogP contribution in [0.2, 0.25) is 0 Å². The van der Waals surface area contributed by atoms with Crippen molar-refractivity contribution in [1.29, 1.82) is 5.26 Å². The van der Waals surface area contributed by atoms with Crippen molar-refractivity contribution in [2.45, 2.75) is 71.9 Å². The Bertz CT molecular complexity index is 360.